The molecule has 0 rings (SSSR count). The van der Waals surface area contributed by atoms with Gasteiger partial charge in [0.1, 0.15) is 0 Å². The smallest absolute Gasteiger partial charge is 0.211 e. The van der Waals surface area contributed by atoms with E-state index in [0.29, 0.717) is 0 Å². The van der Waals surface area contributed by atoms with Crippen LogP contribution in [0.4, 0.5) is 0 Å². The first-order valence-corrected chi connectivity index (χ1v) is 22.6. The molecule has 0 aromatic rings. The van der Waals surface area contributed by atoms with Crippen LogP contribution in [0.2, 0.25) is 65.0 Å². The third kappa shape index (κ3) is 3.42. The number of carbonyl (C=O) groups excluding carboxylic acids is 1. The maximum Gasteiger partial charge on any atom is 0.234 e. The molecule has 0 heterocycles. The number of isocyanates is 1. The molecular formula is C12H31NOSi4. The minimum Gasteiger partial charge on any atom is -0.211 e. The fraction of sp³-hybridized carbons (Fsp3) is 0.917. The second-order valence-corrected chi connectivity index (χ2v) is 49.9. The lowest BCUT2D eigenvalue weighted by Gasteiger charge is -2.57. The van der Waals surface area contributed by atoms with Crippen LogP contribution < -0.4 is 0 Å². The maximum absolute atomic E-state index is 10.4. The Balaban J connectivity index is 5.82. The first-order chi connectivity index (χ1) is 7.81. The lowest BCUT2D eigenvalue weighted by atomic mass is 10.8. The van der Waals surface area contributed by atoms with E-state index in [-0.39, 0.29) is 0 Å². The molecular weight excluding hydrogens is 286 g/mol. The molecule has 0 saturated carbocycles. The lowest BCUT2D eigenvalue weighted by molar-refractivity contribution is 0.563. The minimum atomic E-state index is -1.29. The SMILES string of the molecule is C[Si](C)(C)[Si](CCN=C=O)([Si](C)(C)C)[Si](C)(C)C. The van der Waals surface area contributed by atoms with E-state index in [9.17, 15) is 4.79 Å². The molecule has 0 aliphatic heterocycles. The van der Waals surface area contributed by atoms with Gasteiger partial charge in [0.15, 0.2) is 0 Å². The molecule has 0 atom stereocenters. The monoisotopic (exact) mass is 317 g/mol. The second kappa shape index (κ2) is 5.71. The van der Waals surface area contributed by atoms with Gasteiger partial charge in [0, 0.05) is 35.9 Å². The first-order valence-electron chi connectivity index (χ1n) is 6.85. The molecule has 0 aliphatic rings. The molecule has 0 N–H and O–H groups in total. The molecule has 0 aromatic carbocycles. The lowest BCUT2D eigenvalue weighted by Crippen LogP contribution is -2.82. The predicted molar refractivity (Wildman–Crippen MR) is 93.6 cm³/mol. The van der Waals surface area contributed by atoms with Crippen molar-refractivity contribution in [3.63, 3.8) is 0 Å². The van der Waals surface area contributed by atoms with Crippen LogP contribution in [-0.2, 0) is 4.79 Å². The van der Waals surface area contributed by atoms with Crippen molar-refractivity contribution in [2.75, 3.05) is 6.54 Å². The number of rotatable bonds is 6. The summed E-state index contributed by atoms with van der Waals surface area (Å²) in [6, 6.07) is 1.24. The third-order valence-electron chi connectivity index (χ3n) is 4.50. The molecule has 106 valence electrons. The topological polar surface area (TPSA) is 29.4 Å². The summed E-state index contributed by atoms with van der Waals surface area (Å²) in [5.41, 5.74) is 0. The van der Waals surface area contributed by atoms with Crippen LogP contribution in [-0.4, -0.2) is 42.0 Å². The average Bonchev–Trinajstić information content (AvgIpc) is 2.05. The van der Waals surface area contributed by atoms with Gasteiger partial charge < -0.3 is 0 Å². The van der Waals surface area contributed by atoms with Gasteiger partial charge in [0.25, 0.3) is 0 Å². The zero-order valence-electron chi connectivity index (χ0n) is 13.8. The molecule has 6 heteroatoms. The molecule has 0 aliphatic carbocycles. The van der Waals surface area contributed by atoms with Crippen LogP contribution in [0.3, 0.4) is 0 Å². The normalized spacial score (nSPS) is 14.3. The fourth-order valence-electron chi connectivity index (χ4n) is 4.77. The van der Waals surface area contributed by atoms with Crippen LogP contribution in [0.5, 0.6) is 0 Å². The Morgan fingerprint density at radius 3 is 1.33 bits per heavy atom. The Morgan fingerprint density at radius 1 is 0.778 bits per heavy atom. The van der Waals surface area contributed by atoms with Gasteiger partial charge in [-0.2, -0.15) is 0 Å². The highest BCUT2D eigenvalue weighted by Crippen LogP contribution is 2.39. The van der Waals surface area contributed by atoms with Gasteiger partial charge in [-0.05, 0) is 6.04 Å². The van der Waals surface area contributed by atoms with E-state index < -0.39 is 29.4 Å². The van der Waals surface area contributed by atoms with E-state index in [0.717, 1.165) is 6.54 Å². The Hall–Kier alpha value is 0.248. The molecule has 0 aromatic heterocycles. The largest absolute Gasteiger partial charge is 0.234 e. The summed E-state index contributed by atoms with van der Waals surface area (Å²) in [5, 5.41) is 0. The summed E-state index contributed by atoms with van der Waals surface area (Å²) in [7, 11) is -3.56. The average molecular weight is 318 g/mol. The zero-order chi connectivity index (χ0) is 14.8. The van der Waals surface area contributed by atoms with Gasteiger partial charge in [-0.25, -0.2) is 9.79 Å². The second-order valence-electron chi connectivity index (χ2n) is 8.38. The number of aliphatic imine (C=N–C) groups is 1. The molecule has 2 nitrogen and oxygen atoms in total. The van der Waals surface area contributed by atoms with Crippen molar-refractivity contribution in [2.45, 2.75) is 65.0 Å². The Bertz CT molecular complexity index is 293. The van der Waals surface area contributed by atoms with Crippen LogP contribution in [0.25, 0.3) is 0 Å². The minimum absolute atomic E-state index is 0.731. The molecule has 0 spiro atoms. The first kappa shape index (κ1) is 18.2. The van der Waals surface area contributed by atoms with E-state index in [1.165, 1.54) is 6.04 Å². The summed E-state index contributed by atoms with van der Waals surface area (Å²) in [6.07, 6.45) is 1.74. The van der Waals surface area contributed by atoms with E-state index in [4.69, 9.17) is 0 Å². The Labute approximate surface area is 117 Å². The van der Waals surface area contributed by atoms with E-state index in [2.05, 4.69) is 63.9 Å². The van der Waals surface area contributed by atoms with Crippen molar-refractivity contribution < 1.29 is 4.79 Å². The summed E-state index contributed by atoms with van der Waals surface area (Å²) in [6.45, 7) is 22.6. The highest BCUT2D eigenvalue weighted by Gasteiger charge is 2.60. The summed E-state index contributed by atoms with van der Waals surface area (Å²) >= 11 is 0. The van der Waals surface area contributed by atoms with E-state index in [1.54, 1.807) is 6.08 Å². The maximum atomic E-state index is 10.4. The van der Waals surface area contributed by atoms with Crippen molar-refractivity contribution in [3.8, 4) is 0 Å². The van der Waals surface area contributed by atoms with E-state index in [1.807, 2.05) is 0 Å². The van der Waals surface area contributed by atoms with Gasteiger partial charge >= 0.3 is 0 Å². The molecule has 0 bridgehead atoms. The summed E-state index contributed by atoms with van der Waals surface area (Å²) in [5.74, 6) is 0. The number of hydrogen-bond acceptors (Lipinski definition) is 2. The van der Waals surface area contributed by atoms with Crippen LogP contribution in [0.1, 0.15) is 0 Å². The molecule has 0 unspecified atom stereocenters. The number of nitrogens with zero attached hydrogens (tertiary/aromatic N) is 1. The van der Waals surface area contributed by atoms with Crippen molar-refractivity contribution >= 4 is 35.5 Å². The van der Waals surface area contributed by atoms with Crippen LogP contribution in [0, 0.1) is 0 Å². The highest BCUT2D eigenvalue weighted by atomic mass is 29.9. The third-order valence-corrected chi connectivity index (χ3v) is 79.0. The standard InChI is InChI=1S/C12H31NOSi4/c1-15(2,3)18(16(4,5)6,17(7,8)9)11-10-13-12-14/h10-11H2,1-9H3. The summed E-state index contributed by atoms with van der Waals surface area (Å²) < 4.78 is 0. The predicted octanol–water partition coefficient (Wildman–Crippen LogP) is 4.02. The fourth-order valence-corrected chi connectivity index (χ4v) is 103. The zero-order valence-corrected chi connectivity index (χ0v) is 17.8. The summed E-state index contributed by atoms with van der Waals surface area (Å²) in [4.78, 5) is 14.3. The van der Waals surface area contributed by atoms with Gasteiger partial charge in [-0.3, -0.25) is 0 Å². The molecule has 18 heavy (non-hydrogen) atoms. The molecule has 0 radical (unpaired) electrons. The Morgan fingerprint density at radius 2 is 1.11 bits per heavy atom. The van der Waals surface area contributed by atoms with Crippen LogP contribution in [0.15, 0.2) is 4.99 Å². The molecule has 0 fully saturated rings. The van der Waals surface area contributed by atoms with Gasteiger partial charge in [0.05, 0.1) is 0 Å². The van der Waals surface area contributed by atoms with Crippen molar-refractivity contribution in [3.05, 3.63) is 0 Å². The highest BCUT2D eigenvalue weighted by molar-refractivity contribution is 7.89. The van der Waals surface area contributed by atoms with Crippen molar-refractivity contribution in [1.82, 2.24) is 0 Å². The number of hydrogen-bond donors (Lipinski definition) is 0. The van der Waals surface area contributed by atoms with Gasteiger partial charge in [-0.1, -0.05) is 58.9 Å². The molecule has 0 amide bonds. The molecule has 0 saturated heterocycles. The van der Waals surface area contributed by atoms with Crippen molar-refractivity contribution in [2.24, 2.45) is 4.99 Å². The van der Waals surface area contributed by atoms with Gasteiger partial charge in [0.2, 0.25) is 6.08 Å². The van der Waals surface area contributed by atoms with Crippen LogP contribution >= 0.6 is 0 Å². The van der Waals surface area contributed by atoms with E-state index >= 15 is 0 Å². The van der Waals surface area contributed by atoms with Gasteiger partial charge in [-0.15, -0.1) is 0 Å². The quantitative estimate of drug-likeness (QED) is 0.413. The van der Waals surface area contributed by atoms with Crippen molar-refractivity contribution in [1.29, 1.82) is 0 Å². The Kier molecular flexibility index (Phi) is 5.78.